The zero-order chi connectivity index (χ0) is 15.9. The number of hydroxylamine groups is 2. The van der Waals surface area contributed by atoms with Crippen molar-refractivity contribution in [1.82, 2.24) is 5.06 Å². The molecule has 2 aromatic rings. The molecule has 8 heteroatoms. The Morgan fingerprint density at radius 1 is 1.14 bits per heavy atom. The number of amides is 2. The molecule has 1 aromatic carbocycles. The standard InChI is InChI=1S/C14H7F2NO5/c15-11(16)10-5-7(6-21-10)14(20)22-17-12(18)8-3-1-2-4-9(8)13(17)19/h1-6,11H. The van der Waals surface area contributed by atoms with Crippen molar-refractivity contribution in [3.63, 3.8) is 0 Å². The molecule has 2 amide bonds. The van der Waals surface area contributed by atoms with Crippen LogP contribution in [0.4, 0.5) is 8.78 Å². The summed E-state index contributed by atoms with van der Waals surface area (Å²) in [6.45, 7) is 0. The van der Waals surface area contributed by atoms with Crippen LogP contribution in [0.1, 0.15) is 43.3 Å². The fourth-order valence-electron chi connectivity index (χ4n) is 1.96. The van der Waals surface area contributed by atoms with Gasteiger partial charge in [0.2, 0.25) is 0 Å². The van der Waals surface area contributed by atoms with Gasteiger partial charge in [0, 0.05) is 6.07 Å². The van der Waals surface area contributed by atoms with E-state index in [4.69, 9.17) is 0 Å². The normalized spacial score (nSPS) is 13.7. The fourth-order valence-corrected chi connectivity index (χ4v) is 1.96. The summed E-state index contributed by atoms with van der Waals surface area (Å²) in [5.74, 6) is -3.46. The average Bonchev–Trinajstić information content (AvgIpc) is 3.08. The van der Waals surface area contributed by atoms with Crippen LogP contribution in [0, 0.1) is 0 Å². The molecule has 112 valence electrons. The summed E-state index contributed by atoms with van der Waals surface area (Å²) in [7, 11) is 0. The second-order valence-corrected chi connectivity index (χ2v) is 4.37. The molecule has 3 rings (SSSR count). The maximum Gasteiger partial charge on any atom is 0.367 e. The Bertz CT molecular complexity index is 748. The van der Waals surface area contributed by atoms with Crippen LogP contribution in [0.3, 0.4) is 0 Å². The topological polar surface area (TPSA) is 76.8 Å². The summed E-state index contributed by atoms with van der Waals surface area (Å²) in [5, 5.41) is 0.294. The molecule has 0 aliphatic carbocycles. The molecule has 22 heavy (non-hydrogen) atoms. The van der Waals surface area contributed by atoms with Crippen LogP contribution in [-0.4, -0.2) is 22.8 Å². The van der Waals surface area contributed by atoms with E-state index in [1.807, 2.05) is 0 Å². The Kier molecular flexibility index (Phi) is 3.21. The predicted octanol–water partition coefficient (Wildman–Crippen LogP) is 2.59. The minimum Gasteiger partial charge on any atom is -0.462 e. The Morgan fingerprint density at radius 3 is 2.23 bits per heavy atom. The van der Waals surface area contributed by atoms with Crippen molar-refractivity contribution in [2.75, 3.05) is 0 Å². The number of hydrogen-bond donors (Lipinski definition) is 0. The first-order valence-electron chi connectivity index (χ1n) is 6.05. The number of rotatable bonds is 3. The summed E-state index contributed by atoms with van der Waals surface area (Å²) < 4.78 is 29.3. The third-order valence-corrected chi connectivity index (χ3v) is 3.00. The first-order chi connectivity index (χ1) is 10.5. The van der Waals surface area contributed by atoms with Gasteiger partial charge in [-0.1, -0.05) is 17.2 Å². The molecule has 0 spiro atoms. The van der Waals surface area contributed by atoms with Crippen molar-refractivity contribution < 1.29 is 32.4 Å². The lowest BCUT2D eigenvalue weighted by atomic mass is 10.1. The van der Waals surface area contributed by atoms with Crippen molar-refractivity contribution in [1.29, 1.82) is 0 Å². The van der Waals surface area contributed by atoms with E-state index in [-0.39, 0.29) is 16.7 Å². The molecule has 0 radical (unpaired) electrons. The van der Waals surface area contributed by atoms with Crippen molar-refractivity contribution in [3.05, 3.63) is 59.0 Å². The van der Waals surface area contributed by atoms with Gasteiger partial charge in [0.25, 0.3) is 18.2 Å². The van der Waals surface area contributed by atoms with E-state index in [0.717, 1.165) is 12.3 Å². The Labute approximate surface area is 121 Å². The molecule has 6 nitrogen and oxygen atoms in total. The molecule has 0 N–H and O–H groups in total. The largest absolute Gasteiger partial charge is 0.462 e. The Hall–Kier alpha value is -3.03. The van der Waals surface area contributed by atoms with Crippen LogP contribution in [0.15, 0.2) is 41.0 Å². The molecule has 1 aliphatic heterocycles. The monoisotopic (exact) mass is 307 g/mol. The zero-order valence-corrected chi connectivity index (χ0v) is 10.8. The van der Waals surface area contributed by atoms with Gasteiger partial charge < -0.3 is 9.25 Å². The molecule has 0 saturated heterocycles. The zero-order valence-electron chi connectivity index (χ0n) is 10.8. The summed E-state index contributed by atoms with van der Waals surface area (Å²) in [5.41, 5.74) is -0.131. The van der Waals surface area contributed by atoms with Crippen molar-refractivity contribution in [2.45, 2.75) is 6.43 Å². The second kappa shape index (κ2) is 5.06. The van der Waals surface area contributed by atoms with Gasteiger partial charge in [0.15, 0.2) is 5.76 Å². The summed E-state index contributed by atoms with van der Waals surface area (Å²) in [6.07, 6.45) is -2.12. The van der Waals surface area contributed by atoms with Gasteiger partial charge >= 0.3 is 5.97 Å². The van der Waals surface area contributed by atoms with E-state index in [2.05, 4.69) is 9.25 Å². The number of nitrogens with zero attached hydrogens (tertiary/aromatic N) is 1. The number of carbonyl (C=O) groups is 3. The second-order valence-electron chi connectivity index (χ2n) is 4.37. The first kappa shape index (κ1) is 13.9. The van der Waals surface area contributed by atoms with Gasteiger partial charge in [0.1, 0.15) is 11.8 Å². The lowest BCUT2D eigenvalue weighted by Crippen LogP contribution is -2.32. The summed E-state index contributed by atoms with van der Waals surface area (Å²) >= 11 is 0. The number of carbonyl (C=O) groups excluding carboxylic acids is 3. The van der Waals surface area contributed by atoms with E-state index >= 15 is 0 Å². The van der Waals surface area contributed by atoms with Gasteiger partial charge in [-0.15, -0.1) is 0 Å². The van der Waals surface area contributed by atoms with E-state index in [1.165, 1.54) is 12.1 Å². The number of benzene rings is 1. The summed E-state index contributed by atoms with van der Waals surface area (Å²) in [4.78, 5) is 40.4. The number of furan rings is 1. The molecule has 0 fully saturated rings. The number of hydrogen-bond acceptors (Lipinski definition) is 5. The number of imide groups is 1. The highest BCUT2D eigenvalue weighted by atomic mass is 19.3. The van der Waals surface area contributed by atoms with Crippen molar-refractivity contribution in [3.8, 4) is 0 Å². The minimum atomic E-state index is -2.89. The van der Waals surface area contributed by atoms with Crippen LogP contribution in [0.25, 0.3) is 0 Å². The van der Waals surface area contributed by atoms with Gasteiger partial charge in [-0.25, -0.2) is 13.6 Å². The maximum atomic E-state index is 12.4. The molecule has 0 saturated carbocycles. The van der Waals surface area contributed by atoms with Crippen molar-refractivity contribution >= 4 is 17.8 Å². The van der Waals surface area contributed by atoms with Crippen LogP contribution < -0.4 is 0 Å². The quantitative estimate of drug-likeness (QED) is 0.815. The SMILES string of the molecule is O=C(ON1C(=O)c2ccccc2C1=O)c1coc(C(F)F)c1. The van der Waals surface area contributed by atoms with E-state index in [9.17, 15) is 23.2 Å². The van der Waals surface area contributed by atoms with E-state index in [0.29, 0.717) is 5.06 Å². The molecular formula is C14H7F2NO5. The highest BCUT2D eigenvalue weighted by Crippen LogP contribution is 2.25. The summed E-state index contributed by atoms with van der Waals surface area (Å²) in [6, 6.07) is 6.72. The highest BCUT2D eigenvalue weighted by Gasteiger charge is 2.39. The van der Waals surface area contributed by atoms with Gasteiger partial charge in [-0.3, -0.25) is 9.59 Å². The van der Waals surface area contributed by atoms with Crippen LogP contribution in [0.5, 0.6) is 0 Å². The molecule has 0 atom stereocenters. The molecule has 0 unspecified atom stereocenters. The van der Waals surface area contributed by atoms with Gasteiger partial charge in [-0.05, 0) is 12.1 Å². The first-order valence-corrected chi connectivity index (χ1v) is 6.05. The van der Waals surface area contributed by atoms with Crippen molar-refractivity contribution in [2.24, 2.45) is 0 Å². The van der Waals surface area contributed by atoms with Gasteiger partial charge in [-0.2, -0.15) is 0 Å². The van der Waals surface area contributed by atoms with E-state index < -0.39 is 30.0 Å². The van der Waals surface area contributed by atoms with Crippen LogP contribution >= 0.6 is 0 Å². The number of halogens is 2. The van der Waals surface area contributed by atoms with Crippen LogP contribution in [0.2, 0.25) is 0 Å². The lowest BCUT2D eigenvalue weighted by Gasteiger charge is -2.11. The van der Waals surface area contributed by atoms with E-state index in [1.54, 1.807) is 12.1 Å². The Morgan fingerprint density at radius 2 is 1.73 bits per heavy atom. The molecule has 2 heterocycles. The maximum absolute atomic E-state index is 12.4. The smallest absolute Gasteiger partial charge is 0.367 e. The third kappa shape index (κ3) is 2.14. The number of alkyl halides is 2. The lowest BCUT2D eigenvalue weighted by molar-refractivity contribution is -0.0585. The average molecular weight is 307 g/mol. The molecule has 1 aliphatic rings. The van der Waals surface area contributed by atoms with Crippen LogP contribution in [-0.2, 0) is 4.84 Å². The predicted molar refractivity (Wildman–Crippen MR) is 66.0 cm³/mol. The van der Waals surface area contributed by atoms with Gasteiger partial charge in [0.05, 0.1) is 11.1 Å². The molecular weight excluding hydrogens is 300 g/mol. The Balaban J connectivity index is 1.80. The number of fused-ring (bicyclic) bond motifs is 1. The molecule has 1 aromatic heterocycles. The fraction of sp³-hybridized carbons (Fsp3) is 0.0714. The third-order valence-electron chi connectivity index (χ3n) is 3.00. The highest BCUT2D eigenvalue weighted by molar-refractivity contribution is 6.21. The molecule has 0 bridgehead atoms. The minimum absolute atomic E-state index is 0.0979.